The van der Waals surface area contributed by atoms with Crippen LogP contribution in [0, 0.1) is 0 Å². The van der Waals surface area contributed by atoms with E-state index in [-0.39, 0.29) is 18.0 Å². The molecule has 170 valence electrons. The van der Waals surface area contributed by atoms with Crippen LogP contribution in [0.5, 0.6) is 0 Å². The molecule has 0 N–H and O–H groups in total. The second kappa shape index (κ2) is 9.07. The third kappa shape index (κ3) is 5.14. The molecule has 2 amide bonds. The van der Waals surface area contributed by atoms with E-state index >= 15 is 0 Å². The number of amides is 2. The molecule has 0 aromatic heterocycles. The number of anilines is 1. The van der Waals surface area contributed by atoms with E-state index in [4.69, 9.17) is 4.74 Å². The van der Waals surface area contributed by atoms with Crippen molar-refractivity contribution in [2.24, 2.45) is 0 Å². The summed E-state index contributed by atoms with van der Waals surface area (Å²) in [5.41, 5.74) is 0.684. The van der Waals surface area contributed by atoms with Crippen LogP contribution in [0.4, 0.5) is 10.5 Å². The van der Waals surface area contributed by atoms with Gasteiger partial charge in [0.15, 0.2) is 0 Å². The lowest BCUT2D eigenvalue weighted by atomic mass is 10.1. The van der Waals surface area contributed by atoms with Crippen molar-refractivity contribution < 1.29 is 14.3 Å². The van der Waals surface area contributed by atoms with Crippen molar-refractivity contribution in [3.05, 3.63) is 30.3 Å². The van der Waals surface area contributed by atoms with Gasteiger partial charge in [-0.25, -0.2) is 4.79 Å². The minimum Gasteiger partial charge on any atom is -0.444 e. The molecule has 31 heavy (non-hydrogen) atoms. The Morgan fingerprint density at radius 3 is 2.19 bits per heavy atom. The Morgan fingerprint density at radius 1 is 0.935 bits per heavy atom. The molecule has 0 spiro atoms. The molecule has 3 aliphatic rings. The maximum Gasteiger partial charge on any atom is 0.411 e. The zero-order chi connectivity index (χ0) is 22.0. The molecule has 1 aromatic carbocycles. The van der Waals surface area contributed by atoms with Gasteiger partial charge >= 0.3 is 6.09 Å². The molecule has 0 bridgehead atoms. The van der Waals surface area contributed by atoms with Crippen molar-refractivity contribution in [2.75, 3.05) is 50.7 Å². The van der Waals surface area contributed by atoms with Crippen LogP contribution in [0.25, 0.3) is 0 Å². The monoisotopic (exact) mass is 428 g/mol. The quantitative estimate of drug-likeness (QED) is 0.741. The van der Waals surface area contributed by atoms with E-state index in [0.29, 0.717) is 13.0 Å². The second-order valence-corrected chi connectivity index (χ2v) is 9.93. The van der Waals surface area contributed by atoms with Crippen molar-refractivity contribution in [2.45, 2.75) is 57.7 Å². The molecule has 3 aliphatic heterocycles. The third-order valence-corrected chi connectivity index (χ3v) is 6.56. The molecule has 7 heteroatoms. The fourth-order valence-electron chi connectivity index (χ4n) is 4.97. The Labute approximate surface area is 185 Å². The van der Waals surface area contributed by atoms with Crippen molar-refractivity contribution >= 4 is 17.7 Å². The number of benzene rings is 1. The smallest absolute Gasteiger partial charge is 0.411 e. The summed E-state index contributed by atoms with van der Waals surface area (Å²) in [6.45, 7) is 11.6. The Bertz CT molecular complexity index is 765. The summed E-state index contributed by atoms with van der Waals surface area (Å²) < 4.78 is 5.66. The summed E-state index contributed by atoms with van der Waals surface area (Å²) in [6.07, 6.45) is 2.43. The summed E-state index contributed by atoms with van der Waals surface area (Å²) in [7, 11) is 0. The highest BCUT2D eigenvalue weighted by Crippen LogP contribution is 2.28. The SMILES string of the molecule is CC(C)(C)OC(=O)N1C[C@@H](N2CCN(c3ccccc3)CC2)C[C@H]1C(=O)N1CCCC1. The maximum atomic E-state index is 13.2. The van der Waals surface area contributed by atoms with Gasteiger partial charge in [-0.3, -0.25) is 14.6 Å². The van der Waals surface area contributed by atoms with Crippen molar-refractivity contribution in [3.8, 4) is 0 Å². The first-order valence-corrected chi connectivity index (χ1v) is 11.6. The first kappa shape index (κ1) is 21.9. The standard InChI is InChI=1S/C24H36N4O3/c1-24(2,3)31-23(30)28-18-20(17-21(28)22(29)27-11-7-8-12-27)26-15-13-25(14-16-26)19-9-5-4-6-10-19/h4-6,9-10,20-21H,7-8,11-18H2,1-3H3/t20-,21-/m0/s1. The van der Waals surface area contributed by atoms with E-state index in [1.807, 2.05) is 31.7 Å². The number of hydrogen-bond acceptors (Lipinski definition) is 5. The number of nitrogens with zero attached hydrogens (tertiary/aromatic N) is 4. The number of carbonyl (C=O) groups is 2. The molecule has 1 aromatic rings. The van der Waals surface area contributed by atoms with E-state index in [0.717, 1.165) is 52.1 Å². The summed E-state index contributed by atoms with van der Waals surface area (Å²) in [4.78, 5) is 34.7. The predicted molar refractivity (Wildman–Crippen MR) is 121 cm³/mol. The Morgan fingerprint density at radius 2 is 1.58 bits per heavy atom. The molecular formula is C24H36N4O3. The molecule has 0 unspecified atom stereocenters. The topological polar surface area (TPSA) is 56.3 Å². The number of rotatable bonds is 3. The van der Waals surface area contributed by atoms with Crippen LogP contribution in [0.1, 0.15) is 40.0 Å². The van der Waals surface area contributed by atoms with Crippen LogP contribution in [-0.4, -0.2) is 90.2 Å². The van der Waals surface area contributed by atoms with Crippen molar-refractivity contribution in [1.82, 2.24) is 14.7 Å². The van der Waals surface area contributed by atoms with Gasteiger partial charge in [0.05, 0.1) is 0 Å². The fourth-order valence-corrected chi connectivity index (χ4v) is 4.97. The highest BCUT2D eigenvalue weighted by Gasteiger charge is 2.45. The van der Waals surface area contributed by atoms with Gasteiger partial charge in [-0.1, -0.05) is 18.2 Å². The van der Waals surface area contributed by atoms with E-state index in [1.54, 1.807) is 4.90 Å². The summed E-state index contributed by atoms with van der Waals surface area (Å²) in [6, 6.07) is 10.3. The van der Waals surface area contributed by atoms with Crippen LogP contribution >= 0.6 is 0 Å². The number of likely N-dealkylation sites (tertiary alicyclic amines) is 2. The highest BCUT2D eigenvalue weighted by atomic mass is 16.6. The fraction of sp³-hybridized carbons (Fsp3) is 0.667. The number of carbonyl (C=O) groups excluding carboxylic acids is 2. The maximum absolute atomic E-state index is 13.2. The van der Waals surface area contributed by atoms with Gasteiger partial charge in [-0.2, -0.15) is 0 Å². The number of para-hydroxylation sites is 1. The van der Waals surface area contributed by atoms with Crippen molar-refractivity contribution in [3.63, 3.8) is 0 Å². The van der Waals surface area contributed by atoms with E-state index < -0.39 is 11.6 Å². The molecular weight excluding hydrogens is 392 g/mol. The number of ether oxygens (including phenoxy) is 1. The van der Waals surface area contributed by atoms with Crippen LogP contribution in [0.3, 0.4) is 0 Å². The molecule has 3 heterocycles. The predicted octanol–water partition coefficient (Wildman–Crippen LogP) is 2.81. The number of hydrogen-bond donors (Lipinski definition) is 0. The normalized spacial score (nSPS) is 25.2. The zero-order valence-electron chi connectivity index (χ0n) is 19.1. The van der Waals surface area contributed by atoms with E-state index in [9.17, 15) is 9.59 Å². The zero-order valence-corrected chi connectivity index (χ0v) is 19.1. The number of piperazine rings is 1. The van der Waals surface area contributed by atoms with E-state index in [2.05, 4.69) is 34.1 Å². The van der Waals surface area contributed by atoms with Crippen LogP contribution < -0.4 is 4.90 Å². The molecule has 3 saturated heterocycles. The lowest BCUT2D eigenvalue weighted by molar-refractivity contribution is -0.134. The summed E-state index contributed by atoms with van der Waals surface area (Å²) in [5, 5.41) is 0. The van der Waals surface area contributed by atoms with Gasteiger partial charge in [0.25, 0.3) is 0 Å². The van der Waals surface area contributed by atoms with Gasteiger partial charge in [0, 0.05) is 57.5 Å². The first-order valence-electron chi connectivity index (χ1n) is 11.6. The molecule has 7 nitrogen and oxygen atoms in total. The molecule has 0 radical (unpaired) electrons. The van der Waals surface area contributed by atoms with Crippen molar-refractivity contribution in [1.29, 1.82) is 0 Å². The van der Waals surface area contributed by atoms with Gasteiger partial charge in [0.1, 0.15) is 11.6 Å². The lowest BCUT2D eigenvalue weighted by Gasteiger charge is -2.39. The van der Waals surface area contributed by atoms with Gasteiger partial charge < -0.3 is 14.5 Å². The first-order chi connectivity index (χ1) is 14.8. The average Bonchev–Trinajstić information content (AvgIpc) is 3.43. The summed E-state index contributed by atoms with van der Waals surface area (Å²) >= 11 is 0. The highest BCUT2D eigenvalue weighted by molar-refractivity contribution is 5.86. The van der Waals surface area contributed by atoms with Gasteiger partial charge in [0.2, 0.25) is 5.91 Å². The largest absolute Gasteiger partial charge is 0.444 e. The van der Waals surface area contributed by atoms with Crippen LogP contribution in [0.15, 0.2) is 30.3 Å². The second-order valence-electron chi connectivity index (χ2n) is 9.93. The molecule has 3 fully saturated rings. The minimum atomic E-state index is -0.572. The Kier molecular flexibility index (Phi) is 6.42. The van der Waals surface area contributed by atoms with Gasteiger partial charge in [-0.05, 0) is 52.2 Å². The Hall–Kier alpha value is -2.28. The van der Waals surface area contributed by atoms with Gasteiger partial charge in [-0.15, -0.1) is 0 Å². The van der Waals surface area contributed by atoms with E-state index in [1.165, 1.54) is 5.69 Å². The molecule has 2 atom stereocenters. The van der Waals surface area contributed by atoms with Crippen LogP contribution in [0.2, 0.25) is 0 Å². The summed E-state index contributed by atoms with van der Waals surface area (Å²) in [5.74, 6) is 0.0915. The molecule has 0 aliphatic carbocycles. The third-order valence-electron chi connectivity index (χ3n) is 6.56. The minimum absolute atomic E-state index is 0.0915. The molecule has 4 rings (SSSR count). The lowest BCUT2D eigenvalue weighted by Crippen LogP contribution is -2.51. The Balaban J connectivity index is 1.43. The average molecular weight is 429 g/mol. The molecule has 0 saturated carbocycles. The van der Waals surface area contributed by atoms with Crippen LogP contribution in [-0.2, 0) is 9.53 Å².